The fraction of sp³-hybridized carbons (Fsp3) is 0.619. The van der Waals surface area contributed by atoms with Gasteiger partial charge in [-0.3, -0.25) is 9.59 Å². The van der Waals surface area contributed by atoms with Crippen LogP contribution in [0.2, 0.25) is 0 Å². The third-order valence-corrected chi connectivity index (χ3v) is 3.96. The summed E-state index contributed by atoms with van der Waals surface area (Å²) < 4.78 is 15.7. The maximum atomic E-state index is 11.7. The molecule has 0 aliphatic rings. The van der Waals surface area contributed by atoms with Crippen LogP contribution in [0.1, 0.15) is 64.9 Å². The number of rotatable bonds is 12. The number of carbonyl (C=O) groups excluding carboxylic acids is 2. The van der Waals surface area contributed by atoms with Crippen LogP contribution < -0.4 is 4.74 Å². The molecule has 0 saturated carbocycles. The molecule has 5 nitrogen and oxygen atoms in total. The van der Waals surface area contributed by atoms with Gasteiger partial charge in [0, 0.05) is 12.8 Å². The maximum Gasteiger partial charge on any atom is 0.306 e. The molecule has 0 saturated heterocycles. The van der Waals surface area contributed by atoms with Gasteiger partial charge in [-0.25, -0.2) is 0 Å². The van der Waals surface area contributed by atoms with Crippen molar-refractivity contribution >= 4 is 11.9 Å². The Morgan fingerprint density at radius 1 is 0.923 bits per heavy atom. The molecule has 0 aliphatic heterocycles. The van der Waals surface area contributed by atoms with E-state index in [-0.39, 0.29) is 24.6 Å². The van der Waals surface area contributed by atoms with E-state index in [4.69, 9.17) is 14.2 Å². The number of hydrogen-bond acceptors (Lipinski definition) is 5. The predicted octanol–water partition coefficient (Wildman–Crippen LogP) is 4.67. The van der Waals surface area contributed by atoms with E-state index >= 15 is 0 Å². The van der Waals surface area contributed by atoms with E-state index in [2.05, 4.69) is 13.8 Å². The van der Waals surface area contributed by atoms with Crippen molar-refractivity contribution in [1.29, 1.82) is 0 Å². The molecule has 0 spiro atoms. The molecule has 1 atom stereocenters. The summed E-state index contributed by atoms with van der Waals surface area (Å²) >= 11 is 0. The number of unbranched alkanes of at least 4 members (excludes halogenated alkanes) is 2. The molecule has 1 rings (SSSR count). The quantitative estimate of drug-likeness (QED) is 0.398. The molecular formula is C21H32O5. The Balaban J connectivity index is 2.07. The second kappa shape index (κ2) is 12.3. The van der Waals surface area contributed by atoms with Crippen molar-refractivity contribution in [3.05, 3.63) is 29.8 Å². The third-order valence-electron chi connectivity index (χ3n) is 3.96. The van der Waals surface area contributed by atoms with Crippen molar-refractivity contribution in [2.45, 2.75) is 72.0 Å². The molecule has 1 aromatic carbocycles. The fourth-order valence-corrected chi connectivity index (χ4v) is 2.67. The number of esters is 2. The molecule has 0 N–H and O–H groups in total. The Morgan fingerprint density at radius 3 is 2.12 bits per heavy atom. The van der Waals surface area contributed by atoms with Gasteiger partial charge in [-0.2, -0.15) is 0 Å². The van der Waals surface area contributed by atoms with Crippen LogP contribution in [0.3, 0.4) is 0 Å². The number of methoxy groups -OCH3 is 1. The van der Waals surface area contributed by atoms with E-state index in [1.807, 2.05) is 31.2 Å². The smallest absolute Gasteiger partial charge is 0.306 e. The minimum Gasteiger partial charge on any atom is -0.497 e. The van der Waals surface area contributed by atoms with Crippen LogP contribution in [0.25, 0.3) is 0 Å². The summed E-state index contributed by atoms with van der Waals surface area (Å²) in [6.07, 6.45) is 3.89. The minimum absolute atomic E-state index is 0.0320. The second-order valence-electron chi connectivity index (χ2n) is 7.00. The van der Waals surface area contributed by atoms with Gasteiger partial charge < -0.3 is 14.2 Å². The zero-order valence-electron chi connectivity index (χ0n) is 16.5. The monoisotopic (exact) mass is 364 g/mol. The third kappa shape index (κ3) is 10.1. The number of carbonyl (C=O) groups is 2. The first-order chi connectivity index (χ1) is 12.4. The summed E-state index contributed by atoms with van der Waals surface area (Å²) in [6, 6.07) is 7.42. The Bertz CT molecular complexity index is 536. The molecule has 26 heavy (non-hydrogen) atoms. The highest BCUT2D eigenvalue weighted by atomic mass is 16.5. The summed E-state index contributed by atoms with van der Waals surface area (Å²) in [6.45, 7) is 6.41. The van der Waals surface area contributed by atoms with E-state index in [0.29, 0.717) is 18.8 Å². The first-order valence-corrected chi connectivity index (χ1v) is 9.38. The molecule has 0 aliphatic carbocycles. The molecule has 5 heteroatoms. The Morgan fingerprint density at radius 2 is 1.54 bits per heavy atom. The summed E-state index contributed by atoms with van der Waals surface area (Å²) in [7, 11) is 1.61. The molecule has 1 aromatic rings. The van der Waals surface area contributed by atoms with Crippen molar-refractivity contribution in [2.75, 3.05) is 7.11 Å². The summed E-state index contributed by atoms with van der Waals surface area (Å²) in [5.74, 6) is 0.924. The first kappa shape index (κ1) is 22.0. The zero-order valence-corrected chi connectivity index (χ0v) is 16.5. The largest absolute Gasteiger partial charge is 0.497 e. The SMILES string of the molecule is COc1ccc(COC(=O)CCCCCC(=O)OC(C)CC(C)C)cc1. The van der Waals surface area contributed by atoms with Crippen LogP contribution in [0.4, 0.5) is 0 Å². The average molecular weight is 364 g/mol. The average Bonchev–Trinajstić information content (AvgIpc) is 2.59. The van der Waals surface area contributed by atoms with Crippen molar-refractivity contribution in [1.82, 2.24) is 0 Å². The lowest BCUT2D eigenvalue weighted by atomic mass is 10.1. The molecule has 0 fully saturated rings. The van der Waals surface area contributed by atoms with Crippen LogP contribution in [0, 0.1) is 5.92 Å². The Hall–Kier alpha value is -2.04. The Kier molecular flexibility index (Phi) is 10.4. The molecule has 0 amide bonds. The lowest BCUT2D eigenvalue weighted by molar-refractivity contribution is -0.149. The zero-order chi connectivity index (χ0) is 19.4. The van der Waals surface area contributed by atoms with E-state index < -0.39 is 0 Å². The second-order valence-corrected chi connectivity index (χ2v) is 7.00. The van der Waals surface area contributed by atoms with Gasteiger partial charge in [0.05, 0.1) is 13.2 Å². The van der Waals surface area contributed by atoms with Crippen LogP contribution >= 0.6 is 0 Å². The summed E-state index contributed by atoms with van der Waals surface area (Å²) in [5.41, 5.74) is 0.928. The van der Waals surface area contributed by atoms with Gasteiger partial charge in [0.1, 0.15) is 12.4 Å². The van der Waals surface area contributed by atoms with Gasteiger partial charge >= 0.3 is 11.9 Å². The van der Waals surface area contributed by atoms with Crippen LogP contribution in [-0.2, 0) is 25.7 Å². The van der Waals surface area contributed by atoms with Gasteiger partial charge in [-0.05, 0) is 49.8 Å². The van der Waals surface area contributed by atoms with Gasteiger partial charge in [-0.1, -0.05) is 32.4 Å². The fourth-order valence-electron chi connectivity index (χ4n) is 2.67. The van der Waals surface area contributed by atoms with Crippen LogP contribution in [-0.4, -0.2) is 25.2 Å². The van der Waals surface area contributed by atoms with E-state index in [0.717, 1.165) is 37.0 Å². The highest BCUT2D eigenvalue weighted by Gasteiger charge is 2.11. The molecule has 0 bridgehead atoms. The minimum atomic E-state index is -0.214. The molecule has 1 unspecified atom stereocenters. The normalized spacial score (nSPS) is 11.9. The van der Waals surface area contributed by atoms with Crippen molar-refractivity contribution in [3.8, 4) is 5.75 Å². The van der Waals surface area contributed by atoms with Gasteiger partial charge in [0.2, 0.25) is 0 Å². The van der Waals surface area contributed by atoms with E-state index in [1.54, 1.807) is 7.11 Å². The summed E-state index contributed by atoms with van der Waals surface area (Å²) in [4.78, 5) is 23.5. The molecule has 0 radical (unpaired) electrons. The topological polar surface area (TPSA) is 61.8 Å². The van der Waals surface area contributed by atoms with Crippen molar-refractivity contribution in [2.24, 2.45) is 5.92 Å². The molecule has 0 heterocycles. The van der Waals surface area contributed by atoms with Crippen LogP contribution in [0.5, 0.6) is 5.75 Å². The highest BCUT2D eigenvalue weighted by molar-refractivity contribution is 5.70. The van der Waals surface area contributed by atoms with E-state index in [9.17, 15) is 9.59 Å². The number of benzene rings is 1. The number of ether oxygens (including phenoxy) is 3. The predicted molar refractivity (Wildman–Crippen MR) is 101 cm³/mol. The van der Waals surface area contributed by atoms with Crippen molar-refractivity contribution in [3.63, 3.8) is 0 Å². The molecule has 146 valence electrons. The van der Waals surface area contributed by atoms with Crippen LogP contribution in [0.15, 0.2) is 24.3 Å². The van der Waals surface area contributed by atoms with E-state index in [1.165, 1.54) is 0 Å². The van der Waals surface area contributed by atoms with Gasteiger partial charge in [-0.15, -0.1) is 0 Å². The lowest BCUT2D eigenvalue weighted by Crippen LogP contribution is -2.16. The first-order valence-electron chi connectivity index (χ1n) is 9.38. The highest BCUT2D eigenvalue weighted by Crippen LogP contribution is 2.13. The van der Waals surface area contributed by atoms with Gasteiger partial charge in [0.25, 0.3) is 0 Å². The Labute approximate surface area is 157 Å². The maximum absolute atomic E-state index is 11.7. The molecular weight excluding hydrogens is 332 g/mol. The summed E-state index contributed by atoms with van der Waals surface area (Å²) in [5, 5.41) is 0. The van der Waals surface area contributed by atoms with Crippen molar-refractivity contribution < 1.29 is 23.8 Å². The molecule has 0 aromatic heterocycles. The lowest BCUT2D eigenvalue weighted by Gasteiger charge is -2.15. The standard InChI is InChI=1S/C21H32O5/c1-16(2)14-17(3)26-21(23)9-7-5-6-8-20(22)25-15-18-10-12-19(24-4)13-11-18/h10-13,16-17H,5-9,14-15H2,1-4H3. The van der Waals surface area contributed by atoms with Gasteiger partial charge in [0.15, 0.2) is 0 Å². The number of hydrogen-bond donors (Lipinski definition) is 0.